The number of pyridine rings is 1. The van der Waals surface area contributed by atoms with Gasteiger partial charge in [-0.15, -0.1) is 0 Å². The molecular formula is C15H27N3. The normalized spacial score (nSPS) is 12.9. The zero-order chi connectivity index (χ0) is 13.4. The first-order valence-corrected chi connectivity index (χ1v) is 7.00. The van der Waals surface area contributed by atoms with Crippen molar-refractivity contribution in [1.82, 2.24) is 9.88 Å². The van der Waals surface area contributed by atoms with Crippen LogP contribution in [-0.2, 0) is 6.54 Å². The second kappa shape index (κ2) is 8.22. The largest absolute Gasteiger partial charge is 0.330 e. The molecule has 0 spiro atoms. The van der Waals surface area contributed by atoms with Crippen LogP contribution in [0.1, 0.15) is 38.1 Å². The van der Waals surface area contributed by atoms with Gasteiger partial charge in [0.2, 0.25) is 0 Å². The summed E-state index contributed by atoms with van der Waals surface area (Å²) in [5, 5.41) is 0. The van der Waals surface area contributed by atoms with Crippen molar-refractivity contribution >= 4 is 0 Å². The van der Waals surface area contributed by atoms with E-state index in [0.717, 1.165) is 38.3 Å². The fourth-order valence-corrected chi connectivity index (χ4v) is 2.22. The molecular weight excluding hydrogens is 222 g/mol. The topological polar surface area (TPSA) is 42.2 Å². The molecule has 1 aromatic rings. The van der Waals surface area contributed by atoms with Crippen LogP contribution in [0.15, 0.2) is 18.2 Å². The van der Waals surface area contributed by atoms with Crippen LogP contribution in [0.5, 0.6) is 0 Å². The van der Waals surface area contributed by atoms with E-state index in [4.69, 9.17) is 5.73 Å². The first-order valence-electron chi connectivity index (χ1n) is 7.00. The van der Waals surface area contributed by atoms with Gasteiger partial charge < -0.3 is 5.73 Å². The highest BCUT2D eigenvalue weighted by molar-refractivity contribution is 5.09. The van der Waals surface area contributed by atoms with E-state index in [9.17, 15) is 0 Å². The van der Waals surface area contributed by atoms with Crippen LogP contribution in [0.25, 0.3) is 0 Å². The van der Waals surface area contributed by atoms with Crippen molar-refractivity contribution in [2.24, 2.45) is 11.7 Å². The molecule has 3 heteroatoms. The summed E-state index contributed by atoms with van der Waals surface area (Å²) in [4.78, 5) is 7.03. The molecule has 0 radical (unpaired) electrons. The molecule has 1 atom stereocenters. The Bertz CT molecular complexity index is 338. The molecule has 1 aromatic heterocycles. The van der Waals surface area contributed by atoms with Crippen molar-refractivity contribution in [3.05, 3.63) is 29.6 Å². The summed E-state index contributed by atoms with van der Waals surface area (Å²) in [6, 6.07) is 6.24. The van der Waals surface area contributed by atoms with Crippen molar-refractivity contribution in [2.75, 3.05) is 19.6 Å². The second-order valence-electron chi connectivity index (χ2n) is 5.13. The van der Waals surface area contributed by atoms with Gasteiger partial charge in [0.1, 0.15) is 0 Å². The maximum Gasteiger partial charge on any atom is 0.0547 e. The Kier molecular flexibility index (Phi) is 6.91. The monoisotopic (exact) mass is 249 g/mol. The number of nitrogens with two attached hydrogens (primary N) is 1. The van der Waals surface area contributed by atoms with Crippen LogP contribution in [-0.4, -0.2) is 29.5 Å². The molecule has 0 bridgehead atoms. The van der Waals surface area contributed by atoms with Gasteiger partial charge in [-0.05, 0) is 50.9 Å². The highest BCUT2D eigenvalue weighted by Gasteiger charge is 2.09. The average Bonchev–Trinajstić information content (AvgIpc) is 2.35. The smallest absolute Gasteiger partial charge is 0.0547 e. The Labute approximate surface area is 111 Å². The van der Waals surface area contributed by atoms with Crippen LogP contribution in [0.2, 0.25) is 0 Å². The predicted molar refractivity (Wildman–Crippen MR) is 77.4 cm³/mol. The third kappa shape index (κ3) is 5.61. The Hall–Kier alpha value is -0.930. The number of hydrogen-bond donors (Lipinski definition) is 1. The molecule has 0 fully saturated rings. The number of hydrogen-bond acceptors (Lipinski definition) is 3. The van der Waals surface area contributed by atoms with Crippen molar-refractivity contribution in [3.8, 4) is 0 Å². The molecule has 102 valence electrons. The SMILES string of the molecule is CCN(Cc1cccc(C)n1)CC(C)CCCN. The molecule has 3 nitrogen and oxygen atoms in total. The van der Waals surface area contributed by atoms with E-state index in [2.05, 4.69) is 35.9 Å². The van der Waals surface area contributed by atoms with Crippen molar-refractivity contribution in [3.63, 3.8) is 0 Å². The minimum absolute atomic E-state index is 0.707. The molecule has 0 saturated heterocycles. The Morgan fingerprint density at radius 3 is 2.78 bits per heavy atom. The molecule has 0 amide bonds. The van der Waals surface area contributed by atoms with E-state index in [-0.39, 0.29) is 0 Å². The lowest BCUT2D eigenvalue weighted by molar-refractivity contribution is 0.231. The number of nitrogens with zero attached hydrogens (tertiary/aromatic N) is 2. The molecule has 18 heavy (non-hydrogen) atoms. The Balaban J connectivity index is 2.46. The summed E-state index contributed by atoms with van der Waals surface area (Å²) >= 11 is 0. The van der Waals surface area contributed by atoms with Gasteiger partial charge in [-0.2, -0.15) is 0 Å². The van der Waals surface area contributed by atoms with Crippen LogP contribution in [0.4, 0.5) is 0 Å². The quantitative estimate of drug-likeness (QED) is 0.770. The molecule has 0 aliphatic rings. The summed E-state index contributed by atoms with van der Waals surface area (Å²) in [7, 11) is 0. The minimum Gasteiger partial charge on any atom is -0.330 e. The van der Waals surface area contributed by atoms with Crippen molar-refractivity contribution < 1.29 is 0 Å². The first-order chi connectivity index (χ1) is 8.65. The molecule has 2 N–H and O–H groups in total. The Morgan fingerprint density at radius 2 is 2.17 bits per heavy atom. The van der Waals surface area contributed by atoms with Gasteiger partial charge in [0.05, 0.1) is 5.69 Å². The van der Waals surface area contributed by atoms with Gasteiger partial charge in [0, 0.05) is 18.8 Å². The summed E-state index contributed by atoms with van der Waals surface area (Å²) in [5.41, 5.74) is 7.82. The van der Waals surface area contributed by atoms with Crippen LogP contribution >= 0.6 is 0 Å². The van der Waals surface area contributed by atoms with Gasteiger partial charge >= 0.3 is 0 Å². The molecule has 1 rings (SSSR count). The number of aromatic nitrogens is 1. The van der Waals surface area contributed by atoms with Crippen molar-refractivity contribution in [2.45, 2.75) is 40.2 Å². The van der Waals surface area contributed by atoms with Gasteiger partial charge in [-0.3, -0.25) is 9.88 Å². The summed E-state index contributed by atoms with van der Waals surface area (Å²) in [6.07, 6.45) is 2.34. The molecule has 1 unspecified atom stereocenters. The Morgan fingerprint density at radius 1 is 1.39 bits per heavy atom. The maximum absolute atomic E-state index is 5.56. The third-order valence-electron chi connectivity index (χ3n) is 3.25. The lowest BCUT2D eigenvalue weighted by Crippen LogP contribution is -2.28. The number of rotatable bonds is 8. The molecule has 0 aliphatic carbocycles. The highest BCUT2D eigenvalue weighted by Crippen LogP contribution is 2.10. The average molecular weight is 249 g/mol. The van der Waals surface area contributed by atoms with E-state index >= 15 is 0 Å². The molecule has 1 heterocycles. The molecule has 0 aromatic carbocycles. The third-order valence-corrected chi connectivity index (χ3v) is 3.25. The van der Waals surface area contributed by atoms with E-state index in [1.165, 1.54) is 12.1 Å². The minimum atomic E-state index is 0.707. The zero-order valence-electron chi connectivity index (χ0n) is 12.0. The summed E-state index contributed by atoms with van der Waals surface area (Å²) in [6.45, 7) is 10.5. The fourth-order valence-electron chi connectivity index (χ4n) is 2.22. The zero-order valence-corrected chi connectivity index (χ0v) is 12.0. The first kappa shape index (κ1) is 15.1. The van der Waals surface area contributed by atoms with E-state index < -0.39 is 0 Å². The molecule has 0 saturated carbocycles. The van der Waals surface area contributed by atoms with Gasteiger partial charge in [0.25, 0.3) is 0 Å². The predicted octanol–water partition coefficient (Wildman–Crippen LogP) is 2.59. The molecule has 0 aliphatic heterocycles. The fraction of sp³-hybridized carbons (Fsp3) is 0.667. The van der Waals surface area contributed by atoms with Crippen LogP contribution in [0, 0.1) is 12.8 Å². The lowest BCUT2D eigenvalue weighted by Gasteiger charge is -2.24. The van der Waals surface area contributed by atoms with Crippen LogP contribution in [0.3, 0.4) is 0 Å². The standard InChI is InChI=1S/C15H27N3/c1-4-18(11-13(2)7-6-10-16)12-15-9-5-8-14(3)17-15/h5,8-9,13H,4,6-7,10-12,16H2,1-3H3. The second-order valence-corrected chi connectivity index (χ2v) is 5.13. The van der Waals surface area contributed by atoms with Crippen molar-refractivity contribution in [1.29, 1.82) is 0 Å². The maximum atomic E-state index is 5.56. The van der Waals surface area contributed by atoms with E-state index in [1.807, 2.05) is 13.0 Å². The summed E-state index contributed by atoms with van der Waals surface area (Å²) in [5.74, 6) is 0.707. The van der Waals surface area contributed by atoms with Gasteiger partial charge in [-0.25, -0.2) is 0 Å². The van der Waals surface area contributed by atoms with Crippen LogP contribution < -0.4 is 5.73 Å². The van der Waals surface area contributed by atoms with Gasteiger partial charge in [-0.1, -0.05) is 19.9 Å². The highest BCUT2D eigenvalue weighted by atomic mass is 15.1. The van der Waals surface area contributed by atoms with Gasteiger partial charge in [0.15, 0.2) is 0 Å². The van der Waals surface area contributed by atoms with E-state index in [1.54, 1.807) is 0 Å². The lowest BCUT2D eigenvalue weighted by atomic mass is 10.0. The summed E-state index contributed by atoms with van der Waals surface area (Å²) < 4.78 is 0. The van der Waals surface area contributed by atoms with E-state index in [0.29, 0.717) is 5.92 Å². The number of aryl methyl sites for hydroxylation is 1.